The first-order chi connectivity index (χ1) is 13.2. The van der Waals surface area contributed by atoms with Crippen molar-refractivity contribution >= 4 is 23.8 Å². The zero-order valence-electron chi connectivity index (χ0n) is 17.1. The van der Waals surface area contributed by atoms with E-state index in [-0.39, 0.29) is 60.2 Å². The third-order valence-electron chi connectivity index (χ3n) is 4.53. The Balaban J connectivity index is 0.00000420. The number of hydrogen-bond donors (Lipinski definition) is 2. The molecular formula is C21H29ClN2O5. The van der Waals surface area contributed by atoms with Gasteiger partial charge in [0, 0.05) is 12.5 Å². The van der Waals surface area contributed by atoms with Crippen LogP contribution in [0.2, 0.25) is 0 Å². The van der Waals surface area contributed by atoms with Crippen LogP contribution in [0.3, 0.4) is 0 Å². The van der Waals surface area contributed by atoms with Gasteiger partial charge in [-0.05, 0) is 39.2 Å². The lowest BCUT2D eigenvalue weighted by atomic mass is 9.93. The molecule has 29 heavy (non-hydrogen) atoms. The fourth-order valence-electron chi connectivity index (χ4n) is 3.21. The molecule has 1 aromatic carbocycles. The van der Waals surface area contributed by atoms with Crippen molar-refractivity contribution in [2.45, 2.75) is 64.4 Å². The topological polar surface area (TPSA) is 94.0 Å². The van der Waals surface area contributed by atoms with Crippen molar-refractivity contribution in [3.8, 4) is 0 Å². The van der Waals surface area contributed by atoms with Crippen LogP contribution < -0.4 is 22.6 Å². The molecule has 4 amide bonds. The number of amides is 4. The Morgan fingerprint density at radius 2 is 1.69 bits per heavy atom. The highest BCUT2D eigenvalue weighted by Gasteiger charge is 2.40. The maximum atomic E-state index is 12.2. The summed E-state index contributed by atoms with van der Waals surface area (Å²) < 4.78 is 5.28. The molecule has 1 atom stereocenters. The minimum Gasteiger partial charge on any atom is -1.00 e. The molecule has 0 saturated carbocycles. The summed E-state index contributed by atoms with van der Waals surface area (Å²) in [6.07, 6.45) is 1.13. The van der Waals surface area contributed by atoms with Gasteiger partial charge in [-0.15, -0.1) is 4.90 Å². The van der Waals surface area contributed by atoms with Crippen LogP contribution in [0, 0.1) is 0 Å². The molecule has 8 heteroatoms. The van der Waals surface area contributed by atoms with Gasteiger partial charge in [0.05, 0.1) is 19.3 Å². The van der Waals surface area contributed by atoms with Crippen molar-refractivity contribution in [3.05, 3.63) is 35.9 Å². The summed E-state index contributed by atoms with van der Waals surface area (Å²) in [5.74, 6) is -1.02. The fraction of sp³-hybridized carbons (Fsp3) is 0.524. The van der Waals surface area contributed by atoms with Gasteiger partial charge in [0.25, 0.3) is 0 Å². The lowest BCUT2D eigenvalue weighted by molar-refractivity contribution is -0.649. The van der Waals surface area contributed by atoms with Crippen LogP contribution in [0.1, 0.15) is 64.4 Å². The van der Waals surface area contributed by atoms with E-state index in [0.29, 0.717) is 19.4 Å². The van der Waals surface area contributed by atoms with Crippen molar-refractivity contribution < 1.29 is 41.2 Å². The number of likely N-dealkylation sites (tertiary alicyclic amines) is 1. The summed E-state index contributed by atoms with van der Waals surface area (Å²) in [6, 6.07) is 9.71. The summed E-state index contributed by atoms with van der Waals surface area (Å²) in [6.45, 7) is 5.78. The smallest absolute Gasteiger partial charge is 0.407 e. The van der Waals surface area contributed by atoms with Gasteiger partial charge < -0.3 is 22.5 Å². The highest BCUT2D eigenvalue weighted by atomic mass is 35.5. The minimum atomic E-state index is -0.573. The summed E-state index contributed by atoms with van der Waals surface area (Å²) in [5, 5.41) is 2.79. The molecule has 2 N–H and O–H groups in total. The van der Waals surface area contributed by atoms with E-state index < -0.39 is 11.7 Å². The predicted molar refractivity (Wildman–Crippen MR) is 102 cm³/mol. The number of ether oxygens (including phenoxy) is 1. The molecular weight excluding hydrogens is 396 g/mol. The van der Waals surface area contributed by atoms with E-state index in [4.69, 9.17) is 4.74 Å². The number of hydrogen-bond acceptors (Lipinski definition) is 5. The van der Waals surface area contributed by atoms with Gasteiger partial charge in [-0.1, -0.05) is 30.3 Å². The van der Waals surface area contributed by atoms with Gasteiger partial charge in [0.1, 0.15) is 5.60 Å². The van der Waals surface area contributed by atoms with Crippen LogP contribution in [-0.4, -0.2) is 36.0 Å². The Morgan fingerprint density at radius 3 is 2.24 bits per heavy atom. The van der Waals surface area contributed by atoms with Gasteiger partial charge in [-0.2, -0.15) is 0 Å². The highest BCUT2D eigenvalue weighted by molar-refractivity contribution is 5.98. The second-order valence-corrected chi connectivity index (χ2v) is 8.03. The number of imide groups is 3. The first-order valence-electron chi connectivity index (χ1n) is 9.65. The second-order valence-electron chi connectivity index (χ2n) is 8.03. The van der Waals surface area contributed by atoms with Crippen LogP contribution in [0.25, 0.3) is 0 Å². The molecule has 1 heterocycles. The second kappa shape index (κ2) is 11.1. The summed E-state index contributed by atoms with van der Waals surface area (Å²) in [4.78, 5) is 47.5. The quantitative estimate of drug-likeness (QED) is 0.532. The van der Waals surface area contributed by atoms with Crippen LogP contribution in [-0.2, 0) is 19.1 Å². The van der Waals surface area contributed by atoms with Crippen LogP contribution in [0.4, 0.5) is 4.79 Å². The molecule has 1 aliphatic heterocycles. The van der Waals surface area contributed by atoms with E-state index in [1.807, 2.05) is 30.3 Å². The Hall–Kier alpha value is -2.25. The lowest BCUT2D eigenvalue weighted by Gasteiger charge is -2.22. The molecule has 7 nitrogen and oxygen atoms in total. The molecule has 1 saturated heterocycles. The standard InChI is InChI=1S/C21H28N2O5.ClH/c1-21(2,3)28-20(27)22-14-16(15-8-5-4-6-9-15)10-7-11-17(24)23-18(25)12-13-19(23)26;/h4-6,8-9,16H,7,10-14H2,1-3H3,(H,22,27);1H. The number of benzene rings is 1. The average Bonchev–Trinajstić information content (AvgIpc) is 2.95. The molecule has 0 aliphatic carbocycles. The predicted octanol–water partition coefficient (Wildman–Crippen LogP) is -1.27. The van der Waals surface area contributed by atoms with E-state index in [0.717, 1.165) is 5.56 Å². The van der Waals surface area contributed by atoms with E-state index >= 15 is 0 Å². The number of alkyl carbamates (subject to hydrolysis) is 1. The Labute approximate surface area is 177 Å². The summed E-state index contributed by atoms with van der Waals surface area (Å²) >= 11 is 0. The Kier molecular flexibility index (Phi) is 9.46. The SMILES string of the molecule is CC(C)(C)OC(=O)NCC(CCCC(=O)[NH+]1C(=O)CCC1=O)c1ccccc1.[Cl-]. The number of carbonyl (C=O) groups is 4. The molecule has 1 aromatic rings. The molecule has 0 spiro atoms. The van der Waals surface area contributed by atoms with Gasteiger partial charge in [0.15, 0.2) is 0 Å². The molecule has 0 aromatic heterocycles. The summed E-state index contributed by atoms with van der Waals surface area (Å²) in [5.41, 5.74) is 0.475. The Morgan fingerprint density at radius 1 is 1.10 bits per heavy atom. The number of rotatable bonds is 7. The van der Waals surface area contributed by atoms with Crippen LogP contribution >= 0.6 is 0 Å². The number of carbonyl (C=O) groups excluding carboxylic acids is 4. The van der Waals surface area contributed by atoms with Crippen molar-refractivity contribution in [1.82, 2.24) is 5.32 Å². The third kappa shape index (κ3) is 7.95. The molecule has 1 unspecified atom stereocenters. The van der Waals surface area contributed by atoms with Gasteiger partial charge in [-0.3, -0.25) is 0 Å². The average molecular weight is 425 g/mol. The molecule has 0 radical (unpaired) electrons. The van der Waals surface area contributed by atoms with Crippen molar-refractivity contribution in [2.75, 3.05) is 6.54 Å². The van der Waals surface area contributed by atoms with E-state index in [2.05, 4.69) is 5.32 Å². The first kappa shape index (κ1) is 24.8. The van der Waals surface area contributed by atoms with E-state index in [1.54, 1.807) is 20.8 Å². The highest BCUT2D eigenvalue weighted by Crippen LogP contribution is 2.21. The maximum absolute atomic E-state index is 12.2. The summed E-state index contributed by atoms with van der Waals surface area (Å²) in [7, 11) is 0. The fourth-order valence-corrected chi connectivity index (χ4v) is 3.21. The molecule has 1 fully saturated rings. The minimum absolute atomic E-state index is 0. The maximum Gasteiger partial charge on any atom is 0.407 e. The largest absolute Gasteiger partial charge is 1.00 e. The first-order valence-corrected chi connectivity index (χ1v) is 9.65. The van der Waals surface area contributed by atoms with Crippen molar-refractivity contribution in [2.24, 2.45) is 0 Å². The monoisotopic (exact) mass is 424 g/mol. The molecule has 2 rings (SSSR count). The van der Waals surface area contributed by atoms with Gasteiger partial charge in [-0.25, -0.2) is 19.2 Å². The van der Waals surface area contributed by atoms with E-state index in [1.165, 1.54) is 0 Å². The zero-order chi connectivity index (χ0) is 20.7. The third-order valence-corrected chi connectivity index (χ3v) is 4.53. The van der Waals surface area contributed by atoms with Crippen LogP contribution in [0.5, 0.6) is 0 Å². The number of halogens is 1. The normalized spacial score (nSPS) is 15.6. The van der Waals surface area contributed by atoms with Gasteiger partial charge in [0.2, 0.25) is 0 Å². The van der Waals surface area contributed by atoms with Gasteiger partial charge >= 0.3 is 23.8 Å². The molecule has 1 aliphatic rings. The van der Waals surface area contributed by atoms with Crippen molar-refractivity contribution in [1.29, 1.82) is 0 Å². The number of nitrogens with one attached hydrogen (secondary N) is 2. The van der Waals surface area contributed by atoms with Crippen LogP contribution in [0.15, 0.2) is 30.3 Å². The van der Waals surface area contributed by atoms with Crippen molar-refractivity contribution in [3.63, 3.8) is 0 Å². The lowest BCUT2D eigenvalue weighted by Crippen LogP contribution is -3.17. The Bertz CT molecular complexity index is 714. The zero-order valence-corrected chi connectivity index (χ0v) is 17.9. The number of quaternary nitrogens is 1. The molecule has 0 bridgehead atoms. The van der Waals surface area contributed by atoms with E-state index in [9.17, 15) is 19.2 Å². The molecule has 160 valence electrons.